The standard InChI is InChI=1S/C29H33N3O2S.C27H28N4OS.C26H28N2O2S.C19H22BrNOS.C7H8BNO3/c1-20-11-13-21(14-12-20)17-27(33)31-25-18-22(15-16-26(25)35-29(2,3)4)23-9-7-8-10-24(23)28(34)30-19-32(5)6;1-18-9-11-19(12-10-18)15-25(32)30-23-16-20(13-14-24(23)33-27(2,3)4)21-7-5-6-8-22(21)26-28-17-29-31-26;1-17-9-11-18(12-10-17)15-24(29)28-22-16-19(13-14-23(22)31-26(2,3)4)20-7-5-6-8-21(20)25(27)30;1-13-5-7-14(8-6-13)11-18(22)21-16-12-15(20)9-10-17(16)23-19(2,3)4;9-7(10)5-3-1-2-4-6(5)8(11)12/h7-16,18-19H,17H2,1-6H3,(H,31,33);5-14,16-17H,15H2,1-4H3,(H,30,32)(H,28,29,31);5-14,16H,15H2,1-4H3,(H2,27,30)(H,28,29);5-10,12H,11H2,1-4H3,(H,21,22);1-4,11-12H,(H2,9,10). The van der Waals surface area contributed by atoms with Crippen LogP contribution in [-0.2, 0) is 44.9 Å². The van der Waals surface area contributed by atoms with Gasteiger partial charge in [0.25, 0.3) is 5.91 Å². The summed E-state index contributed by atoms with van der Waals surface area (Å²) in [6.45, 7) is 33.9. The molecule has 1 aromatic heterocycles. The number of aromatic nitrogens is 3. The number of carbonyl (C=O) groups is 7. The van der Waals surface area contributed by atoms with Crippen LogP contribution in [0.2, 0.25) is 0 Å². The van der Waals surface area contributed by atoms with Crippen molar-refractivity contribution in [1.82, 2.24) is 20.1 Å². The zero-order chi connectivity index (χ0) is 97.8. The number of halogens is 1. The Balaban J connectivity index is 0.000000194. The molecule has 26 heteroatoms. The number of nitrogens with zero attached hydrogens (tertiary/aromatic N) is 4. The third kappa shape index (κ3) is 34.9. The number of rotatable bonds is 25. The molecule has 0 spiro atoms. The smallest absolute Gasteiger partial charge is 0.423 e. The van der Waals surface area contributed by atoms with Crippen LogP contribution in [0.3, 0.4) is 0 Å². The number of hydrogen-bond donors (Lipinski definition) is 9. The number of thioether (sulfide) groups is 4. The normalized spacial score (nSPS) is 11.2. The Morgan fingerprint density at radius 3 is 1.01 bits per heavy atom. The first kappa shape index (κ1) is 105. The first-order valence-electron chi connectivity index (χ1n) is 43.6. The third-order valence-electron chi connectivity index (χ3n) is 19.4. The molecule has 1 heterocycles. The largest absolute Gasteiger partial charge is 0.489 e. The lowest BCUT2D eigenvalue weighted by Crippen LogP contribution is -2.36. The Hall–Kier alpha value is -12.4. The van der Waals surface area contributed by atoms with E-state index in [0.717, 1.165) is 119 Å². The summed E-state index contributed by atoms with van der Waals surface area (Å²) in [5, 5.41) is 37.0. The number of nitrogens with one attached hydrogen (secondary N) is 5. The van der Waals surface area contributed by atoms with Crippen LogP contribution in [0.1, 0.15) is 159 Å². The van der Waals surface area contributed by atoms with Crippen molar-refractivity contribution in [3.8, 4) is 44.8 Å². The second kappa shape index (κ2) is 49.0. The number of aryl methyl sites for hydroxylation is 4. The minimum Gasteiger partial charge on any atom is -0.423 e. The van der Waals surface area contributed by atoms with Gasteiger partial charge in [-0.3, -0.25) is 38.7 Å². The quantitative estimate of drug-likeness (QED) is 0.0111. The SMILES string of the molecule is Cc1ccc(CC(=O)Nc2cc(-c3ccccc3-c3ncn[nH]3)ccc2SC(C)(C)C)cc1.Cc1ccc(CC(=O)Nc2cc(-c3ccccc3C(=O)N=CN(C)C)ccc2SC(C)(C)C)cc1.Cc1ccc(CC(=O)Nc2cc(-c3ccccc3C(N)=O)ccc2SC(C)(C)C)cc1.Cc1ccc(CC(=O)Nc2cc(Br)ccc2SC(C)(C)C)cc1.NC(=O)c1ccccc1B(O)O. The Kier molecular flexibility index (Phi) is 38.5. The van der Waals surface area contributed by atoms with E-state index in [9.17, 15) is 33.6 Å². The van der Waals surface area contributed by atoms with Gasteiger partial charge in [0, 0.05) is 79.4 Å². The van der Waals surface area contributed by atoms with Gasteiger partial charge in [-0.2, -0.15) is 10.1 Å². The highest BCUT2D eigenvalue weighted by molar-refractivity contribution is 9.10. The average Bonchev–Trinajstić information content (AvgIpc) is 1.19. The summed E-state index contributed by atoms with van der Waals surface area (Å²) in [5.74, 6) is -0.942. The first-order valence-corrected chi connectivity index (χ1v) is 47.7. The highest BCUT2D eigenvalue weighted by atomic mass is 79.9. The number of nitrogens with two attached hydrogens (primary N) is 2. The number of anilines is 4. The maximum Gasteiger partial charge on any atom is 0.489 e. The van der Waals surface area contributed by atoms with Crippen molar-refractivity contribution in [3.63, 3.8) is 0 Å². The fourth-order valence-electron chi connectivity index (χ4n) is 13.3. The van der Waals surface area contributed by atoms with Crippen LogP contribution < -0.4 is 38.2 Å². The average molecular weight is 1930 g/mol. The molecule has 134 heavy (non-hydrogen) atoms. The Morgan fingerprint density at radius 1 is 0.396 bits per heavy atom. The van der Waals surface area contributed by atoms with Crippen molar-refractivity contribution in [3.05, 3.63) is 339 Å². The topological polar surface area (TPSA) is 317 Å². The van der Waals surface area contributed by atoms with E-state index in [2.05, 4.69) is 165 Å². The van der Waals surface area contributed by atoms with Gasteiger partial charge in [-0.1, -0.05) is 315 Å². The molecule has 12 aromatic carbocycles. The van der Waals surface area contributed by atoms with Gasteiger partial charge < -0.3 is 47.7 Å². The fraction of sp³-hybridized carbons (Fsp3) is 0.241. The molecule has 0 aliphatic rings. The Morgan fingerprint density at radius 2 is 0.694 bits per heavy atom. The molecule has 0 unspecified atom stereocenters. The number of aliphatic imine (C=N–C) groups is 1. The van der Waals surface area contributed by atoms with Crippen LogP contribution >= 0.6 is 63.0 Å². The summed E-state index contributed by atoms with van der Waals surface area (Å²) in [7, 11) is 1.98. The van der Waals surface area contributed by atoms with Gasteiger partial charge in [-0.15, -0.1) is 47.0 Å². The molecule has 0 aliphatic carbocycles. The fourth-order valence-corrected chi connectivity index (χ4v) is 17.8. The maximum atomic E-state index is 13.0. The molecule has 7 amide bonds. The second-order valence-corrected chi connectivity index (χ2v) is 44.5. The number of H-pyrrole nitrogens is 1. The van der Waals surface area contributed by atoms with Crippen LogP contribution in [0.15, 0.2) is 302 Å². The zero-order valence-electron chi connectivity index (χ0n) is 79.2. The maximum absolute atomic E-state index is 13.0. The van der Waals surface area contributed by atoms with Gasteiger partial charge in [0.1, 0.15) is 6.33 Å². The van der Waals surface area contributed by atoms with E-state index in [-0.39, 0.29) is 59.6 Å². The molecular weight excluding hydrogens is 1810 g/mol. The summed E-state index contributed by atoms with van der Waals surface area (Å²) in [6, 6.07) is 84.9. The highest BCUT2D eigenvalue weighted by Crippen LogP contribution is 2.44. The van der Waals surface area contributed by atoms with Crippen molar-refractivity contribution in [1.29, 1.82) is 0 Å². The van der Waals surface area contributed by atoms with Crippen LogP contribution in [0.5, 0.6) is 0 Å². The molecule has 0 radical (unpaired) electrons. The van der Waals surface area contributed by atoms with Gasteiger partial charge >= 0.3 is 7.12 Å². The summed E-state index contributed by atoms with van der Waals surface area (Å²) in [6.07, 6.45) is 4.30. The van der Waals surface area contributed by atoms with Crippen LogP contribution in [-0.4, -0.2) is 118 Å². The first-order chi connectivity index (χ1) is 63.3. The number of hydrogen-bond acceptors (Lipinski definition) is 15. The second-order valence-electron chi connectivity index (χ2n) is 36.1. The van der Waals surface area contributed by atoms with Gasteiger partial charge in [-0.25, -0.2) is 4.98 Å². The summed E-state index contributed by atoms with van der Waals surface area (Å²) in [4.78, 5) is 101. The van der Waals surface area contributed by atoms with Gasteiger partial charge in [-0.05, 0) is 162 Å². The lowest BCUT2D eigenvalue weighted by Gasteiger charge is -2.21. The molecule has 694 valence electrons. The molecule has 13 aromatic rings. The number of benzene rings is 12. The van der Waals surface area contributed by atoms with E-state index in [1.54, 1.807) is 82.3 Å². The molecular formula is C108H119BBrN11O9S4. The predicted molar refractivity (Wildman–Crippen MR) is 561 cm³/mol. The molecule has 0 saturated carbocycles. The highest BCUT2D eigenvalue weighted by Gasteiger charge is 2.25. The molecule has 20 nitrogen and oxygen atoms in total. The molecule has 0 fully saturated rings. The minimum absolute atomic E-state index is 0.00251. The van der Waals surface area contributed by atoms with E-state index < -0.39 is 18.9 Å². The zero-order valence-corrected chi connectivity index (χ0v) is 84.0. The van der Waals surface area contributed by atoms with Crippen molar-refractivity contribution < 1.29 is 43.6 Å². The number of primary amides is 2. The summed E-state index contributed by atoms with van der Waals surface area (Å²) < 4.78 is 0.997. The van der Waals surface area contributed by atoms with Gasteiger partial charge in [0.2, 0.25) is 35.4 Å². The lowest BCUT2D eigenvalue weighted by molar-refractivity contribution is -0.116. The number of amides is 7. The van der Waals surface area contributed by atoms with E-state index in [1.165, 1.54) is 35.9 Å². The van der Waals surface area contributed by atoms with Crippen molar-refractivity contribution in [2.45, 2.75) is 175 Å². The monoisotopic (exact) mass is 1930 g/mol. The molecule has 0 atom stereocenters. The van der Waals surface area contributed by atoms with Crippen LogP contribution in [0, 0.1) is 27.7 Å². The Labute approximate surface area is 814 Å². The van der Waals surface area contributed by atoms with E-state index in [4.69, 9.17) is 21.5 Å². The molecule has 0 aliphatic heterocycles. The Bertz CT molecular complexity index is 6250. The van der Waals surface area contributed by atoms with Crippen LogP contribution in [0.25, 0.3) is 44.8 Å². The number of aromatic amines is 1. The van der Waals surface area contributed by atoms with Crippen molar-refractivity contribution in [2.24, 2.45) is 16.5 Å². The summed E-state index contributed by atoms with van der Waals surface area (Å²) >= 11 is 10.3. The molecule has 0 saturated heterocycles. The molecule has 0 bridgehead atoms. The summed E-state index contributed by atoms with van der Waals surface area (Å²) in [5.41, 5.74) is 29.8. The van der Waals surface area contributed by atoms with E-state index in [1.807, 2.05) is 242 Å². The van der Waals surface area contributed by atoms with E-state index >= 15 is 0 Å². The molecule has 13 rings (SSSR count). The van der Waals surface area contributed by atoms with Crippen molar-refractivity contribution >= 4 is 146 Å². The predicted octanol–water partition coefficient (Wildman–Crippen LogP) is 23.1. The van der Waals surface area contributed by atoms with Crippen LogP contribution in [0.4, 0.5) is 22.7 Å². The van der Waals surface area contributed by atoms with Gasteiger partial charge in [0.15, 0.2) is 5.82 Å². The van der Waals surface area contributed by atoms with E-state index in [0.29, 0.717) is 42.6 Å². The minimum atomic E-state index is -1.66. The van der Waals surface area contributed by atoms with Gasteiger partial charge in [0.05, 0.1) is 54.8 Å². The van der Waals surface area contributed by atoms with Crippen molar-refractivity contribution in [2.75, 3.05) is 35.4 Å². The third-order valence-corrected chi connectivity index (χ3v) is 24.6. The number of carbonyl (C=O) groups excluding carboxylic acids is 7. The lowest BCUT2D eigenvalue weighted by atomic mass is 9.77. The molecule has 11 N–H and O–H groups in total.